The molecule has 4 atom stereocenters. The molecule has 0 spiro atoms. The van der Waals surface area contributed by atoms with E-state index in [1.807, 2.05) is 18.2 Å². The van der Waals surface area contributed by atoms with Gasteiger partial charge < -0.3 is 14.9 Å². The van der Waals surface area contributed by atoms with E-state index in [2.05, 4.69) is 109 Å². The summed E-state index contributed by atoms with van der Waals surface area (Å²) in [7, 11) is 0. The Morgan fingerprint density at radius 1 is 0.828 bits per heavy atom. The Morgan fingerprint density at radius 3 is 2.19 bits per heavy atom. The second-order valence-corrected chi connectivity index (χ2v) is 18.5. The number of thiocarbonyl (C=S) groups is 1. The molecule has 1 N–H and O–H groups in total. The van der Waals surface area contributed by atoms with Gasteiger partial charge in [0, 0.05) is 29.9 Å². The first-order valence-electron chi connectivity index (χ1n) is 20.6. The Morgan fingerprint density at radius 2 is 1.50 bits per heavy atom. The summed E-state index contributed by atoms with van der Waals surface area (Å²) in [6.07, 6.45) is 14.1. The van der Waals surface area contributed by atoms with Gasteiger partial charge in [0.1, 0.15) is 21.5 Å². The molecule has 298 valence electrons. The lowest BCUT2D eigenvalue weighted by atomic mass is 9.95. The van der Waals surface area contributed by atoms with Crippen molar-refractivity contribution in [1.29, 1.82) is 0 Å². The van der Waals surface area contributed by atoms with Crippen LogP contribution >= 0.6 is 35.7 Å². The van der Waals surface area contributed by atoms with E-state index >= 15 is 0 Å². The Bertz CT molecular complexity index is 2180. The molecule has 2 saturated heterocycles. The second-order valence-electron chi connectivity index (χ2n) is 15.6. The number of aliphatic carboxylic acids is 1. The summed E-state index contributed by atoms with van der Waals surface area (Å²) in [5, 5.41) is 8.50. The van der Waals surface area contributed by atoms with Gasteiger partial charge in [0.25, 0.3) is 5.91 Å². The summed E-state index contributed by atoms with van der Waals surface area (Å²) >= 11 is 8.22. The van der Waals surface area contributed by atoms with Crippen molar-refractivity contribution < 1.29 is 19.5 Å². The molecule has 3 heterocycles. The number of benzene rings is 4. The van der Waals surface area contributed by atoms with Gasteiger partial charge in [0.2, 0.25) is 5.91 Å². The van der Waals surface area contributed by atoms with Gasteiger partial charge in [0.15, 0.2) is 0 Å². The maximum absolute atomic E-state index is 13.9. The number of carboxylic acid groups (broad SMARTS) is 1. The van der Waals surface area contributed by atoms with E-state index in [0.29, 0.717) is 27.7 Å². The Labute approximate surface area is 355 Å². The van der Waals surface area contributed by atoms with Crippen molar-refractivity contribution in [2.75, 3.05) is 18.0 Å². The molecule has 2 amide bonds. The topological polar surface area (TPSA) is 81.2 Å². The van der Waals surface area contributed by atoms with Crippen LogP contribution in [0.15, 0.2) is 108 Å². The van der Waals surface area contributed by atoms with Crippen LogP contribution in [-0.2, 0) is 14.4 Å². The quantitative estimate of drug-likeness (QED) is 0.0549. The van der Waals surface area contributed by atoms with E-state index in [0.717, 1.165) is 55.3 Å². The van der Waals surface area contributed by atoms with Gasteiger partial charge in [-0.25, -0.2) is 0 Å². The fraction of sp³-hybridized carbons (Fsp3) is 0.333. The minimum Gasteiger partial charge on any atom is -0.480 e. The predicted octanol–water partition coefficient (Wildman–Crippen LogP) is 11.0. The summed E-state index contributed by atoms with van der Waals surface area (Å²) < 4.78 is 0.508. The number of nitrogens with zero attached hydrogens (tertiary/aromatic N) is 3. The highest BCUT2D eigenvalue weighted by Gasteiger charge is 2.50. The van der Waals surface area contributed by atoms with Crippen molar-refractivity contribution in [3.05, 3.63) is 136 Å². The van der Waals surface area contributed by atoms with Crippen LogP contribution in [0.3, 0.4) is 0 Å². The third kappa shape index (κ3) is 8.42. The van der Waals surface area contributed by atoms with Crippen molar-refractivity contribution in [2.45, 2.75) is 87.3 Å². The highest BCUT2D eigenvalue weighted by atomic mass is 32.2. The van der Waals surface area contributed by atoms with Crippen LogP contribution in [0.1, 0.15) is 98.4 Å². The monoisotopic (exact) mass is 827 g/mol. The van der Waals surface area contributed by atoms with E-state index in [9.17, 15) is 19.5 Å². The third-order valence-corrected chi connectivity index (χ3v) is 14.9. The predicted molar refractivity (Wildman–Crippen MR) is 243 cm³/mol. The molecule has 1 saturated carbocycles. The smallest absolute Gasteiger partial charge is 0.323 e. The molecule has 3 fully saturated rings. The van der Waals surface area contributed by atoms with E-state index in [1.54, 1.807) is 4.90 Å². The zero-order chi connectivity index (χ0) is 40.2. The number of anilines is 2. The summed E-state index contributed by atoms with van der Waals surface area (Å²) in [6, 6.07) is 36.7. The van der Waals surface area contributed by atoms with Gasteiger partial charge >= 0.3 is 5.97 Å². The third-order valence-electron chi connectivity index (χ3n) is 11.8. The van der Waals surface area contributed by atoms with E-state index in [-0.39, 0.29) is 11.8 Å². The van der Waals surface area contributed by atoms with Crippen molar-refractivity contribution in [3.63, 3.8) is 0 Å². The lowest BCUT2D eigenvalue weighted by Crippen LogP contribution is -2.45. The molecule has 1 aliphatic carbocycles. The Kier molecular flexibility index (Phi) is 12.5. The molecule has 8 rings (SSSR count). The van der Waals surface area contributed by atoms with Crippen molar-refractivity contribution in [1.82, 2.24) is 9.80 Å². The van der Waals surface area contributed by atoms with Gasteiger partial charge in [-0.2, -0.15) is 0 Å². The van der Waals surface area contributed by atoms with Gasteiger partial charge in [-0.15, -0.1) is 0 Å². The van der Waals surface area contributed by atoms with Crippen LogP contribution < -0.4 is 4.90 Å². The fourth-order valence-electron chi connectivity index (χ4n) is 8.95. The average Bonchev–Trinajstić information content (AvgIpc) is 3.98. The van der Waals surface area contributed by atoms with Crippen LogP contribution in [0.5, 0.6) is 0 Å². The molecule has 0 radical (unpaired) electrons. The first kappa shape index (κ1) is 40.2. The molecule has 4 aromatic carbocycles. The number of carboxylic acids is 1. The standard InChI is InChI=1S/C48H49N3O4S3/c1-2-3-4-5-6-13-27-49-46(55)44(58-48(49)56)47-50(31-43(52)53)45(54)42(57-47)30-33-23-26-41-39(29-33)37-19-14-20-40(37)51(41)36-24-21-32(22-25-36)28-38(34-15-9-7-10-16-34)35-17-11-8-12-18-35/h7-12,15-18,21-26,28-30,37,40,44,47H,2-6,13-14,19-20,27,31H2,1H3,(H,52,53)/b42-30+. The second kappa shape index (κ2) is 18.1. The number of rotatable bonds is 15. The number of fused-ring (bicyclic) bond motifs is 3. The summed E-state index contributed by atoms with van der Waals surface area (Å²) in [5.41, 5.74) is 9.20. The number of carbonyl (C=O) groups excluding carboxylic acids is 2. The van der Waals surface area contributed by atoms with Crippen LogP contribution in [0.4, 0.5) is 11.4 Å². The number of hydrogen-bond acceptors (Lipinski definition) is 7. The highest BCUT2D eigenvalue weighted by Crippen LogP contribution is 2.53. The minimum atomic E-state index is -1.11. The fourth-order valence-corrected chi connectivity index (χ4v) is 12.0. The first-order chi connectivity index (χ1) is 28.3. The maximum atomic E-state index is 13.9. The van der Waals surface area contributed by atoms with Gasteiger partial charge in [0.05, 0.1) is 4.91 Å². The molecule has 10 heteroatoms. The van der Waals surface area contributed by atoms with E-state index < -0.39 is 23.1 Å². The average molecular weight is 828 g/mol. The van der Waals surface area contributed by atoms with Gasteiger partial charge in [-0.1, -0.05) is 160 Å². The van der Waals surface area contributed by atoms with Crippen molar-refractivity contribution >= 4 is 86.9 Å². The summed E-state index contributed by atoms with van der Waals surface area (Å²) in [4.78, 5) is 45.6. The number of unbranched alkanes of at least 4 members (excludes halogenated alkanes) is 5. The molecule has 0 aromatic heterocycles. The molecule has 7 nitrogen and oxygen atoms in total. The summed E-state index contributed by atoms with van der Waals surface area (Å²) in [6.45, 7) is 2.27. The van der Waals surface area contributed by atoms with Gasteiger partial charge in [-0.3, -0.25) is 19.3 Å². The number of hydrogen-bond donors (Lipinski definition) is 1. The molecule has 3 aliphatic heterocycles. The van der Waals surface area contributed by atoms with Crippen LogP contribution in [-0.4, -0.2) is 66.8 Å². The lowest BCUT2D eigenvalue weighted by molar-refractivity contribution is -0.143. The van der Waals surface area contributed by atoms with Crippen LogP contribution in [0, 0.1) is 0 Å². The zero-order valence-corrected chi connectivity index (χ0v) is 35.2. The van der Waals surface area contributed by atoms with Crippen molar-refractivity contribution in [3.8, 4) is 0 Å². The molecular weight excluding hydrogens is 779 g/mol. The summed E-state index contributed by atoms with van der Waals surface area (Å²) in [5.74, 6) is -1.22. The maximum Gasteiger partial charge on any atom is 0.323 e. The zero-order valence-electron chi connectivity index (χ0n) is 32.8. The number of amides is 2. The SMILES string of the molecule is CCCCCCCCN1C(=O)C(C2S/C(=C/c3ccc4c(c3)C3CCCC3N4c3ccc(C=C(c4ccccc4)c4ccccc4)cc3)C(=O)N2CC(=O)O)SC1=S. The molecule has 0 bridgehead atoms. The minimum absolute atomic E-state index is 0.132. The molecular formula is C48H49N3O4S3. The largest absolute Gasteiger partial charge is 0.480 e. The van der Waals surface area contributed by atoms with E-state index in [1.165, 1.54) is 75.6 Å². The molecule has 4 aromatic rings. The Hall–Kier alpha value is -4.64. The highest BCUT2D eigenvalue weighted by molar-refractivity contribution is 8.25. The normalized spacial score (nSPS) is 21.9. The number of carbonyl (C=O) groups is 3. The molecule has 58 heavy (non-hydrogen) atoms. The van der Waals surface area contributed by atoms with Crippen LogP contribution in [0.25, 0.3) is 17.7 Å². The number of thioether (sulfide) groups is 2. The van der Waals surface area contributed by atoms with E-state index in [4.69, 9.17) is 12.2 Å². The molecule has 4 unspecified atom stereocenters. The van der Waals surface area contributed by atoms with Crippen LogP contribution in [0.2, 0.25) is 0 Å². The Balaban J connectivity index is 1.02. The first-order valence-corrected chi connectivity index (χ1v) is 22.8. The molecule has 4 aliphatic rings. The lowest BCUT2D eigenvalue weighted by Gasteiger charge is -2.27. The van der Waals surface area contributed by atoms with Gasteiger partial charge in [-0.05, 0) is 89.1 Å². The van der Waals surface area contributed by atoms with Crippen molar-refractivity contribution in [2.24, 2.45) is 0 Å².